The molecule has 1 aliphatic heterocycles. The summed E-state index contributed by atoms with van der Waals surface area (Å²) < 4.78 is 33.5. The largest absolute Gasteiger partial charge is 0.497 e. The van der Waals surface area contributed by atoms with Gasteiger partial charge in [-0.25, -0.2) is 0 Å². The molecule has 1 aliphatic rings. The van der Waals surface area contributed by atoms with Crippen molar-refractivity contribution in [2.45, 2.75) is 12.0 Å². The smallest absolute Gasteiger partial charge is 0.279 e. The van der Waals surface area contributed by atoms with E-state index in [4.69, 9.17) is 10.5 Å². The van der Waals surface area contributed by atoms with Gasteiger partial charge in [-0.2, -0.15) is 17.4 Å². The Morgan fingerprint density at radius 1 is 1.42 bits per heavy atom. The number of carbonyl (C=O) groups excluding carboxylic acids is 1. The average Bonchev–Trinajstić information content (AvgIpc) is 2.88. The summed E-state index contributed by atoms with van der Waals surface area (Å²) in [6.45, 7) is 1.05. The summed E-state index contributed by atoms with van der Waals surface area (Å²) in [5, 5.41) is 0. The van der Waals surface area contributed by atoms with Crippen molar-refractivity contribution in [1.29, 1.82) is 0 Å². The van der Waals surface area contributed by atoms with Crippen molar-refractivity contribution in [2.75, 3.05) is 40.8 Å². The minimum atomic E-state index is -3.58. The van der Waals surface area contributed by atoms with E-state index in [1.807, 2.05) is 29.2 Å². The second kappa shape index (κ2) is 7.47. The normalized spacial score (nSPS) is 22.0. The molecule has 0 aromatic heterocycles. The van der Waals surface area contributed by atoms with Crippen LogP contribution in [0.2, 0.25) is 0 Å². The maximum atomic E-state index is 12.2. The second-order valence-electron chi connectivity index (χ2n) is 6.06. The summed E-state index contributed by atoms with van der Waals surface area (Å²) in [7, 11) is 0.944. The topological polar surface area (TPSA) is 105 Å². The molecule has 1 saturated heterocycles. The van der Waals surface area contributed by atoms with Crippen LogP contribution < -0.4 is 15.2 Å². The SMILES string of the molecule is COc1cccc([C@H]2CN(CC(N)=O)C[C@@H]2NS(=O)(=O)N(C)C)c1. The number of benzene rings is 1. The van der Waals surface area contributed by atoms with Gasteiger partial charge in [-0.05, 0) is 17.7 Å². The molecule has 1 fully saturated rings. The minimum Gasteiger partial charge on any atom is -0.497 e. The van der Waals surface area contributed by atoms with Crippen LogP contribution in [0.3, 0.4) is 0 Å². The molecular formula is C15H24N4O4S. The number of likely N-dealkylation sites (tertiary alicyclic amines) is 1. The summed E-state index contributed by atoms with van der Waals surface area (Å²) >= 11 is 0. The van der Waals surface area contributed by atoms with Gasteiger partial charge in [-0.15, -0.1) is 0 Å². The average molecular weight is 356 g/mol. The number of hydrogen-bond donors (Lipinski definition) is 2. The van der Waals surface area contributed by atoms with Crippen LogP contribution in [0.4, 0.5) is 0 Å². The Morgan fingerprint density at radius 2 is 2.12 bits per heavy atom. The fraction of sp³-hybridized carbons (Fsp3) is 0.533. The summed E-state index contributed by atoms with van der Waals surface area (Å²) in [6, 6.07) is 7.15. The van der Waals surface area contributed by atoms with E-state index in [2.05, 4.69) is 4.72 Å². The van der Waals surface area contributed by atoms with Gasteiger partial charge in [0.25, 0.3) is 10.2 Å². The molecule has 2 atom stereocenters. The van der Waals surface area contributed by atoms with Crippen molar-refractivity contribution < 1.29 is 17.9 Å². The first-order chi connectivity index (χ1) is 11.2. The lowest BCUT2D eigenvalue weighted by Gasteiger charge is -2.22. The predicted molar refractivity (Wildman–Crippen MR) is 90.9 cm³/mol. The van der Waals surface area contributed by atoms with Gasteiger partial charge in [-0.3, -0.25) is 9.69 Å². The van der Waals surface area contributed by atoms with E-state index in [-0.39, 0.29) is 18.5 Å². The van der Waals surface area contributed by atoms with Crippen LogP contribution in [0.15, 0.2) is 24.3 Å². The molecule has 0 aliphatic carbocycles. The van der Waals surface area contributed by atoms with Crippen molar-refractivity contribution >= 4 is 16.1 Å². The zero-order valence-electron chi connectivity index (χ0n) is 14.1. The standard InChI is InChI=1S/C15H24N4O4S/c1-18(2)24(21,22)17-14-9-19(10-15(16)20)8-13(14)11-5-4-6-12(7-11)23-3/h4-7,13-14,17H,8-10H2,1-3H3,(H2,16,20)/t13-,14+/m1/s1. The quantitative estimate of drug-likeness (QED) is 0.675. The molecule has 9 heteroatoms. The van der Waals surface area contributed by atoms with Crippen LogP contribution in [-0.2, 0) is 15.0 Å². The molecule has 2 rings (SSSR count). The Hall–Kier alpha value is -1.68. The number of hydrogen-bond acceptors (Lipinski definition) is 5. The first-order valence-corrected chi connectivity index (χ1v) is 9.01. The third-order valence-corrected chi connectivity index (χ3v) is 5.64. The number of carbonyl (C=O) groups is 1. The zero-order valence-corrected chi connectivity index (χ0v) is 14.9. The van der Waals surface area contributed by atoms with Gasteiger partial charge < -0.3 is 10.5 Å². The highest BCUT2D eigenvalue weighted by Gasteiger charge is 2.37. The highest BCUT2D eigenvalue weighted by molar-refractivity contribution is 7.87. The van der Waals surface area contributed by atoms with E-state index in [9.17, 15) is 13.2 Å². The third-order valence-electron chi connectivity index (χ3n) is 4.08. The molecule has 134 valence electrons. The fourth-order valence-corrected chi connectivity index (χ4v) is 3.69. The van der Waals surface area contributed by atoms with E-state index in [0.717, 1.165) is 9.87 Å². The van der Waals surface area contributed by atoms with Gasteiger partial charge in [-0.1, -0.05) is 12.1 Å². The van der Waals surface area contributed by atoms with E-state index in [1.54, 1.807) is 7.11 Å². The van der Waals surface area contributed by atoms with Crippen LogP contribution in [0.1, 0.15) is 11.5 Å². The van der Waals surface area contributed by atoms with E-state index >= 15 is 0 Å². The van der Waals surface area contributed by atoms with Crippen LogP contribution >= 0.6 is 0 Å². The first kappa shape index (κ1) is 18.7. The lowest BCUT2D eigenvalue weighted by molar-refractivity contribution is -0.118. The number of amides is 1. The van der Waals surface area contributed by atoms with E-state index < -0.39 is 16.1 Å². The molecule has 1 amide bonds. The molecule has 0 radical (unpaired) electrons. The monoisotopic (exact) mass is 356 g/mol. The number of nitrogens with zero attached hydrogens (tertiary/aromatic N) is 2. The number of nitrogens with two attached hydrogens (primary N) is 1. The molecule has 1 heterocycles. The summed E-state index contributed by atoms with van der Waals surface area (Å²) in [5.74, 6) is 0.166. The Balaban J connectivity index is 2.27. The number of ether oxygens (including phenoxy) is 1. The van der Waals surface area contributed by atoms with Gasteiger partial charge in [0.15, 0.2) is 0 Å². The molecule has 0 unspecified atom stereocenters. The van der Waals surface area contributed by atoms with Crippen molar-refractivity contribution in [3.8, 4) is 5.75 Å². The number of methoxy groups -OCH3 is 1. The molecule has 1 aromatic rings. The highest BCUT2D eigenvalue weighted by atomic mass is 32.2. The number of rotatable bonds is 7. The molecule has 0 spiro atoms. The zero-order chi connectivity index (χ0) is 17.9. The summed E-state index contributed by atoms with van der Waals surface area (Å²) in [5.41, 5.74) is 6.23. The molecule has 0 saturated carbocycles. The fourth-order valence-electron chi connectivity index (χ4n) is 2.86. The van der Waals surface area contributed by atoms with Gasteiger partial charge in [0.2, 0.25) is 5.91 Å². The van der Waals surface area contributed by atoms with E-state index in [0.29, 0.717) is 18.8 Å². The van der Waals surface area contributed by atoms with Crippen molar-refractivity contribution in [3.63, 3.8) is 0 Å². The molecule has 0 bridgehead atoms. The van der Waals surface area contributed by atoms with Crippen LogP contribution in [-0.4, -0.2) is 70.4 Å². The molecule has 1 aromatic carbocycles. The van der Waals surface area contributed by atoms with Gasteiger partial charge in [0.05, 0.1) is 13.7 Å². The molecule has 8 nitrogen and oxygen atoms in total. The highest BCUT2D eigenvalue weighted by Crippen LogP contribution is 2.30. The Bertz CT molecular complexity index is 692. The van der Waals surface area contributed by atoms with Crippen molar-refractivity contribution in [2.24, 2.45) is 5.73 Å². The number of primary amides is 1. The molecule has 3 N–H and O–H groups in total. The minimum absolute atomic E-state index is 0.0979. The van der Waals surface area contributed by atoms with Crippen molar-refractivity contribution in [3.05, 3.63) is 29.8 Å². The van der Waals surface area contributed by atoms with Gasteiger partial charge in [0.1, 0.15) is 5.75 Å². The second-order valence-corrected chi connectivity index (χ2v) is 7.97. The Morgan fingerprint density at radius 3 is 2.71 bits per heavy atom. The predicted octanol–water partition coefficient (Wildman–Crippen LogP) is -0.656. The lowest BCUT2D eigenvalue weighted by Crippen LogP contribution is -2.45. The van der Waals surface area contributed by atoms with Crippen LogP contribution in [0.5, 0.6) is 5.75 Å². The van der Waals surface area contributed by atoms with Gasteiger partial charge in [0, 0.05) is 39.1 Å². The maximum Gasteiger partial charge on any atom is 0.279 e. The Labute approximate surface area is 142 Å². The maximum absolute atomic E-state index is 12.2. The van der Waals surface area contributed by atoms with Crippen LogP contribution in [0, 0.1) is 0 Å². The van der Waals surface area contributed by atoms with Crippen LogP contribution in [0.25, 0.3) is 0 Å². The lowest BCUT2D eigenvalue weighted by atomic mass is 9.95. The number of nitrogens with one attached hydrogen (secondary N) is 1. The summed E-state index contributed by atoms with van der Waals surface area (Å²) in [6.07, 6.45) is 0. The van der Waals surface area contributed by atoms with E-state index in [1.165, 1.54) is 14.1 Å². The summed E-state index contributed by atoms with van der Waals surface area (Å²) in [4.78, 5) is 13.1. The Kier molecular flexibility index (Phi) is 5.81. The molecular weight excluding hydrogens is 332 g/mol. The first-order valence-electron chi connectivity index (χ1n) is 7.57. The molecule has 24 heavy (non-hydrogen) atoms. The van der Waals surface area contributed by atoms with Crippen molar-refractivity contribution in [1.82, 2.24) is 13.9 Å². The van der Waals surface area contributed by atoms with Gasteiger partial charge >= 0.3 is 0 Å². The third kappa shape index (κ3) is 4.44.